The minimum atomic E-state index is 0.0436. The van der Waals surface area contributed by atoms with Gasteiger partial charge in [0, 0.05) is 25.5 Å². The van der Waals surface area contributed by atoms with Gasteiger partial charge in [-0.2, -0.15) is 0 Å². The van der Waals surface area contributed by atoms with Crippen LogP contribution in [0.5, 0.6) is 0 Å². The number of carbonyl (C=O) groups excluding carboxylic acids is 1. The van der Waals surface area contributed by atoms with Crippen LogP contribution in [0.15, 0.2) is 30.3 Å². The molecule has 0 aliphatic rings. The fourth-order valence-corrected chi connectivity index (χ4v) is 1.69. The summed E-state index contributed by atoms with van der Waals surface area (Å²) in [4.78, 5) is 11.6. The van der Waals surface area contributed by atoms with Crippen LogP contribution in [0.2, 0.25) is 0 Å². The standard InChI is InChI=1S/C14H21NO2/c1-11(13-7-5-4-6-8-13)12(2)15-14(16)9-10-17-3/h4-8,11-12H,9-10H2,1-3H3,(H,15,16)/t11-,12-/m0/s1. The Labute approximate surface area is 103 Å². The van der Waals surface area contributed by atoms with Crippen molar-refractivity contribution in [1.29, 1.82) is 0 Å². The summed E-state index contributed by atoms with van der Waals surface area (Å²) in [5, 5.41) is 2.99. The van der Waals surface area contributed by atoms with Crippen LogP contribution in [-0.4, -0.2) is 25.7 Å². The molecule has 0 saturated heterocycles. The van der Waals surface area contributed by atoms with Crippen LogP contribution >= 0.6 is 0 Å². The Morgan fingerprint density at radius 1 is 1.29 bits per heavy atom. The van der Waals surface area contributed by atoms with Crippen molar-refractivity contribution < 1.29 is 9.53 Å². The first-order valence-electron chi connectivity index (χ1n) is 5.98. The first kappa shape index (κ1) is 13.7. The van der Waals surface area contributed by atoms with E-state index in [1.165, 1.54) is 5.56 Å². The van der Waals surface area contributed by atoms with Gasteiger partial charge < -0.3 is 10.1 Å². The second kappa shape index (κ2) is 7.07. The lowest BCUT2D eigenvalue weighted by Gasteiger charge is -2.21. The van der Waals surface area contributed by atoms with Crippen LogP contribution in [-0.2, 0) is 9.53 Å². The molecule has 0 aromatic heterocycles. The molecule has 1 amide bonds. The number of nitrogens with one attached hydrogen (secondary N) is 1. The maximum absolute atomic E-state index is 11.6. The molecular weight excluding hydrogens is 214 g/mol. The van der Waals surface area contributed by atoms with Crippen molar-refractivity contribution in [1.82, 2.24) is 5.32 Å². The van der Waals surface area contributed by atoms with Gasteiger partial charge in [0.05, 0.1) is 6.61 Å². The maximum atomic E-state index is 11.6. The van der Waals surface area contributed by atoms with Crippen molar-refractivity contribution in [2.24, 2.45) is 0 Å². The van der Waals surface area contributed by atoms with E-state index < -0.39 is 0 Å². The molecular formula is C14H21NO2. The molecule has 2 atom stereocenters. The molecule has 0 saturated carbocycles. The molecule has 3 nitrogen and oxygen atoms in total. The quantitative estimate of drug-likeness (QED) is 0.822. The third kappa shape index (κ3) is 4.57. The fraction of sp³-hybridized carbons (Fsp3) is 0.500. The van der Waals surface area contributed by atoms with Crippen LogP contribution in [0.1, 0.15) is 31.7 Å². The van der Waals surface area contributed by atoms with Gasteiger partial charge in [0.2, 0.25) is 5.91 Å². The Kier molecular flexibility index (Phi) is 5.70. The zero-order valence-corrected chi connectivity index (χ0v) is 10.8. The zero-order chi connectivity index (χ0) is 12.7. The van der Waals surface area contributed by atoms with Crippen molar-refractivity contribution in [2.45, 2.75) is 32.2 Å². The monoisotopic (exact) mass is 235 g/mol. The number of hydrogen-bond donors (Lipinski definition) is 1. The Morgan fingerprint density at radius 2 is 1.94 bits per heavy atom. The molecule has 1 N–H and O–H groups in total. The molecule has 0 bridgehead atoms. The van der Waals surface area contributed by atoms with Gasteiger partial charge >= 0.3 is 0 Å². The molecule has 3 heteroatoms. The van der Waals surface area contributed by atoms with E-state index in [1.54, 1.807) is 7.11 Å². The molecule has 0 unspecified atom stereocenters. The predicted molar refractivity (Wildman–Crippen MR) is 69.0 cm³/mol. The average molecular weight is 235 g/mol. The van der Waals surface area contributed by atoms with Gasteiger partial charge in [0.15, 0.2) is 0 Å². The van der Waals surface area contributed by atoms with Gasteiger partial charge in [-0.1, -0.05) is 37.3 Å². The topological polar surface area (TPSA) is 38.3 Å². The number of amides is 1. The summed E-state index contributed by atoms with van der Waals surface area (Å²) in [6.45, 7) is 4.62. The normalized spacial score (nSPS) is 14.1. The lowest BCUT2D eigenvalue weighted by atomic mass is 9.94. The Bertz CT molecular complexity index is 337. The number of rotatable bonds is 6. The van der Waals surface area contributed by atoms with Crippen molar-refractivity contribution in [3.63, 3.8) is 0 Å². The highest BCUT2D eigenvalue weighted by Gasteiger charge is 2.15. The molecule has 94 valence electrons. The van der Waals surface area contributed by atoms with Crippen molar-refractivity contribution >= 4 is 5.91 Å². The second-order valence-electron chi connectivity index (χ2n) is 4.30. The lowest BCUT2D eigenvalue weighted by Crippen LogP contribution is -2.36. The van der Waals surface area contributed by atoms with Crippen LogP contribution in [0.4, 0.5) is 0 Å². The van der Waals surface area contributed by atoms with Gasteiger partial charge in [0.25, 0.3) is 0 Å². The Morgan fingerprint density at radius 3 is 2.53 bits per heavy atom. The van der Waals surface area contributed by atoms with E-state index in [0.717, 1.165) is 0 Å². The van der Waals surface area contributed by atoms with Crippen molar-refractivity contribution in [3.05, 3.63) is 35.9 Å². The minimum Gasteiger partial charge on any atom is -0.384 e. The Balaban J connectivity index is 2.47. The van der Waals surface area contributed by atoms with E-state index in [4.69, 9.17) is 4.74 Å². The van der Waals surface area contributed by atoms with Crippen LogP contribution in [0, 0.1) is 0 Å². The summed E-state index contributed by atoms with van der Waals surface area (Å²) in [6, 6.07) is 10.3. The number of benzene rings is 1. The van der Waals surface area contributed by atoms with Crippen LogP contribution in [0.3, 0.4) is 0 Å². The third-order valence-electron chi connectivity index (χ3n) is 3.00. The summed E-state index contributed by atoms with van der Waals surface area (Å²) < 4.78 is 4.88. The molecule has 17 heavy (non-hydrogen) atoms. The first-order chi connectivity index (χ1) is 8.15. The van der Waals surface area contributed by atoms with E-state index in [-0.39, 0.29) is 11.9 Å². The Hall–Kier alpha value is -1.35. The summed E-state index contributed by atoms with van der Waals surface area (Å²) in [7, 11) is 1.60. The first-order valence-corrected chi connectivity index (χ1v) is 5.98. The average Bonchev–Trinajstić information content (AvgIpc) is 2.36. The molecule has 1 rings (SSSR count). The highest BCUT2D eigenvalue weighted by molar-refractivity contribution is 5.76. The van der Waals surface area contributed by atoms with E-state index in [0.29, 0.717) is 18.9 Å². The van der Waals surface area contributed by atoms with E-state index in [9.17, 15) is 4.79 Å². The number of ether oxygens (including phenoxy) is 1. The zero-order valence-electron chi connectivity index (χ0n) is 10.8. The fourth-order valence-electron chi connectivity index (χ4n) is 1.69. The predicted octanol–water partition coefficient (Wildman–Crippen LogP) is 2.33. The molecule has 0 spiro atoms. The molecule has 0 radical (unpaired) electrons. The van der Waals surface area contributed by atoms with Gasteiger partial charge in [-0.3, -0.25) is 4.79 Å². The van der Waals surface area contributed by atoms with Crippen LogP contribution in [0.25, 0.3) is 0 Å². The van der Waals surface area contributed by atoms with Gasteiger partial charge in [-0.15, -0.1) is 0 Å². The van der Waals surface area contributed by atoms with Crippen molar-refractivity contribution in [3.8, 4) is 0 Å². The van der Waals surface area contributed by atoms with E-state index in [2.05, 4.69) is 24.4 Å². The summed E-state index contributed by atoms with van der Waals surface area (Å²) >= 11 is 0. The van der Waals surface area contributed by atoms with Crippen LogP contribution < -0.4 is 5.32 Å². The van der Waals surface area contributed by atoms with Gasteiger partial charge in [-0.05, 0) is 12.5 Å². The smallest absolute Gasteiger partial charge is 0.222 e. The number of hydrogen-bond acceptors (Lipinski definition) is 2. The third-order valence-corrected chi connectivity index (χ3v) is 3.00. The summed E-state index contributed by atoms with van der Waals surface area (Å²) in [6.07, 6.45) is 0.419. The minimum absolute atomic E-state index is 0.0436. The number of methoxy groups -OCH3 is 1. The van der Waals surface area contributed by atoms with Crippen molar-refractivity contribution in [2.75, 3.05) is 13.7 Å². The van der Waals surface area contributed by atoms with Gasteiger partial charge in [0.1, 0.15) is 0 Å². The van der Waals surface area contributed by atoms with E-state index >= 15 is 0 Å². The van der Waals surface area contributed by atoms with Gasteiger partial charge in [-0.25, -0.2) is 0 Å². The maximum Gasteiger partial charge on any atom is 0.222 e. The molecule has 0 aliphatic heterocycles. The molecule has 0 aliphatic carbocycles. The molecule has 0 heterocycles. The lowest BCUT2D eigenvalue weighted by molar-refractivity contribution is -0.122. The number of carbonyl (C=O) groups is 1. The van der Waals surface area contributed by atoms with E-state index in [1.807, 2.05) is 25.1 Å². The highest BCUT2D eigenvalue weighted by Crippen LogP contribution is 2.18. The summed E-state index contributed by atoms with van der Waals surface area (Å²) in [5.74, 6) is 0.352. The second-order valence-corrected chi connectivity index (χ2v) is 4.30. The summed E-state index contributed by atoms with van der Waals surface area (Å²) in [5.41, 5.74) is 1.24. The highest BCUT2D eigenvalue weighted by atomic mass is 16.5. The molecule has 1 aromatic carbocycles. The SMILES string of the molecule is COCCC(=O)N[C@@H](C)[C@H](C)c1ccccc1. The largest absolute Gasteiger partial charge is 0.384 e. The molecule has 0 fully saturated rings. The molecule has 1 aromatic rings.